The Kier molecular flexibility index (Phi) is 4.85. The lowest BCUT2D eigenvalue weighted by molar-refractivity contribution is -0.136. The van der Waals surface area contributed by atoms with Crippen molar-refractivity contribution < 1.29 is 39.7 Å². The van der Waals surface area contributed by atoms with E-state index in [1.165, 1.54) is 0 Å². The van der Waals surface area contributed by atoms with Crippen molar-refractivity contribution in [2.45, 2.75) is 11.1 Å². The van der Waals surface area contributed by atoms with Gasteiger partial charge in [0.2, 0.25) is 0 Å². The Morgan fingerprint density at radius 2 is 1.84 bits per heavy atom. The third kappa shape index (κ3) is 4.03. The van der Waals surface area contributed by atoms with E-state index in [1.807, 2.05) is 0 Å². The van der Waals surface area contributed by atoms with Gasteiger partial charge in [-0.3, -0.25) is 4.79 Å². The van der Waals surface area contributed by atoms with Gasteiger partial charge in [-0.15, -0.1) is 0 Å². The number of rotatable bonds is 3. The molecule has 0 saturated carbocycles. The van der Waals surface area contributed by atoms with E-state index in [0.29, 0.717) is 6.07 Å². The third-order valence-corrected chi connectivity index (χ3v) is 5.88. The third-order valence-electron chi connectivity index (χ3n) is 4.16. The Balaban J connectivity index is 1.74. The molecule has 0 fully saturated rings. The second-order valence-corrected chi connectivity index (χ2v) is 8.21. The number of hydrogen-bond acceptors (Lipinski definition) is 7. The molecule has 1 aliphatic heterocycles. The highest BCUT2D eigenvalue weighted by atomic mass is 35.5. The van der Waals surface area contributed by atoms with Crippen LogP contribution in [0.3, 0.4) is 0 Å². The number of halogens is 4. The maximum absolute atomic E-state index is 13.1. The quantitative estimate of drug-likeness (QED) is 0.455. The number of ether oxygens (including phenoxy) is 1. The van der Waals surface area contributed by atoms with E-state index in [4.69, 9.17) is 24.9 Å². The molecular weight excluding hydrogens is 467 g/mol. The molecule has 1 aromatic heterocycles. The van der Waals surface area contributed by atoms with Gasteiger partial charge in [0.15, 0.2) is 6.61 Å². The van der Waals surface area contributed by atoms with Crippen LogP contribution in [-0.2, 0) is 21.1 Å². The fourth-order valence-corrected chi connectivity index (χ4v) is 4.32. The van der Waals surface area contributed by atoms with Crippen LogP contribution in [0, 0.1) is 0 Å². The van der Waals surface area contributed by atoms with E-state index in [1.54, 1.807) is 0 Å². The van der Waals surface area contributed by atoms with Crippen LogP contribution in [0.4, 0.5) is 18.9 Å². The van der Waals surface area contributed by atoms with Crippen molar-refractivity contribution in [2.24, 2.45) is 0 Å². The number of benzene rings is 2. The van der Waals surface area contributed by atoms with Gasteiger partial charge in [0, 0.05) is 23.6 Å². The minimum Gasteiger partial charge on any atom is -0.482 e. The predicted octanol–water partition coefficient (Wildman–Crippen LogP) is 3.56. The van der Waals surface area contributed by atoms with Gasteiger partial charge in [-0.1, -0.05) is 11.6 Å². The van der Waals surface area contributed by atoms with Crippen LogP contribution in [0.5, 0.6) is 11.5 Å². The fourth-order valence-electron chi connectivity index (χ4n) is 2.87. The molecule has 3 aromatic rings. The van der Waals surface area contributed by atoms with Gasteiger partial charge < -0.3 is 18.7 Å². The zero-order valence-corrected chi connectivity index (χ0v) is 16.5. The molecule has 0 bridgehead atoms. The normalized spacial score (nSPS) is 14.0. The maximum Gasteiger partial charge on any atom is 0.417 e. The Hall–Kier alpha value is -3.25. The van der Waals surface area contributed by atoms with Gasteiger partial charge in [-0.05, 0) is 18.2 Å². The number of carbonyl (C=O) groups excluding carboxylic acids is 1. The smallest absolute Gasteiger partial charge is 0.417 e. The summed E-state index contributed by atoms with van der Waals surface area (Å²) in [4.78, 5) is 22.3. The van der Waals surface area contributed by atoms with Crippen LogP contribution in [0.1, 0.15) is 5.56 Å². The first-order valence-corrected chi connectivity index (χ1v) is 10.1. The van der Waals surface area contributed by atoms with E-state index < -0.39 is 55.0 Å². The van der Waals surface area contributed by atoms with Gasteiger partial charge in [-0.25, -0.2) is 4.79 Å². The van der Waals surface area contributed by atoms with Crippen LogP contribution in [-0.4, -0.2) is 20.9 Å². The van der Waals surface area contributed by atoms with Crippen molar-refractivity contribution in [1.82, 2.24) is 0 Å². The summed E-state index contributed by atoms with van der Waals surface area (Å²) in [7, 11) is -4.57. The van der Waals surface area contributed by atoms with E-state index in [9.17, 15) is 31.2 Å². The number of fused-ring (bicyclic) bond motifs is 2. The van der Waals surface area contributed by atoms with Crippen LogP contribution >= 0.6 is 11.6 Å². The molecule has 1 amide bonds. The van der Waals surface area contributed by atoms with Crippen molar-refractivity contribution in [3.8, 4) is 11.5 Å². The zero-order chi connectivity index (χ0) is 22.6. The zero-order valence-electron chi connectivity index (χ0n) is 14.9. The summed E-state index contributed by atoms with van der Waals surface area (Å²) in [6.07, 6.45) is -4.82. The SMILES string of the molecule is O=C1COc2cc(S(=O)(=O)Oc3ccc4c(C(F)(F)F)cc(=O)oc4c3)c(Cl)cc2N1. The molecule has 0 unspecified atom stereocenters. The van der Waals surface area contributed by atoms with Gasteiger partial charge >= 0.3 is 21.9 Å². The van der Waals surface area contributed by atoms with Gasteiger partial charge in [0.1, 0.15) is 22.0 Å². The first-order chi connectivity index (χ1) is 14.4. The number of amides is 1. The van der Waals surface area contributed by atoms with Crippen molar-refractivity contribution in [1.29, 1.82) is 0 Å². The summed E-state index contributed by atoms with van der Waals surface area (Å²) in [5.74, 6) is -0.838. The Morgan fingerprint density at radius 3 is 2.55 bits per heavy atom. The highest BCUT2D eigenvalue weighted by molar-refractivity contribution is 7.87. The van der Waals surface area contributed by atoms with Crippen LogP contribution in [0.15, 0.2) is 50.5 Å². The molecule has 8 nitrogen and oxygen atoms in total. The van der Waals surface area contributed by atoms with E-state index >= 15 is 0 Å². The highest BCUT2D eigenvalue weighted by Crippen LogP contribution is 2.38. The van der Waals surface area contributed by atoms with Crippen molar-refractivity contribution in [3.05, 3.63) is 57.4 Å². The number of hydrogen-bond donors (Lipinski definition) is 1. The van der Waals surface area contributed by atoms with E-state index in [0.717, 1.165) is 30.3 Å². The lowest BCUT2D eigenvalue weighted by Gasteiger charge is -2.19. The standard InChI is InChI=1S/C18H9ClF3NO7S/c19-11-5-12-14(28-7-16(24)23-12)6-15(11)31(26,27)30-8-1-2-9-10(18(20,21)22)4-17(25)29-13(9)3-8/h1-6H,7H2,(H,23,24). The maximum atomic E-state index is 13.1. The Morgan fingerprint density at radius 1 is 1.10 bits per heavy atom. The molecule has 1 N–H and O–H groups in total. The minimum atomic E-state index is -4.82. The second-order valence-electron chi connectivity index (χ2n) is 6.29. The Bertz CT molecular complexity index is 1400. The summed E-state index contributed by atoms with van der Waals surface area (Å²) in [5.41, 5.74) is -2.86. The molecule has 162 valence electrons. The molecule has 2 heterocycles. The lowest BCUT2D eigenvalue weighted by Crippen LogP contribution is -2.25. The number of alkyl halides is 3. The van der Waals surface area contributed by atoms with E-state index in [-0.39, 0.29) is 23.1 Å². The fraction of sp³-hybridized carbons (Fsp3) is 0.111. The molecule has 31 heavy (non-hydrogen) atoms. The number of carbonyl (C=O) groups is 1. The van der Waals surface area contributed by atoms with Gasteiger partial charge in [0.05, 0.1) is 16.3 Å². The average molecular weight is 476 g/mol. The van der Waals surface area contributed by atoms with Gasteiger partial charge in [0.25, 0.3) is 5.91 Å². The first-order valence-electron chi connectivity index (χ1n) is 8.30. The van der Waals surface area contributed by atoms with Crippen molar-refractivity contribution >= 4 is 44.3 Å². The largest absolute Gasteiger partial charge is 0.482 e. The predicted molar refractivity (Wildman–Crippen MR) is 101 cm³/mol. The molecule has 0 radical (unpaired) electrons. The summed E-state index contributed by atoms with van der Waals surface area (Å²) in [6, 6.07) is 5.21. The van der Waals surface area contributed by atoms with Crippen molar-refractivity contribution in [3.63, 3.8) is 0 Å². The van der Waals surface area contributed by atoms with Crippen LogP contribution < -0.4 is 19.9 Å². The van der Waals surface area contributed by atoms with Crippen LogP contribution in [0.25, 0.3) is 11.0 Å². The van der Waals surface area contributed by atoms with Crippen molar-refractivity contribution in [2.75, 3.05) is 11.9 Å². The molecular formula is C18H9ClF3NO7S. The molecule has 0 atom stereocenters. The Labute approximate surface area is 176 Å². The van der Waals surface area contributed by atoms with Crippen LogP contribution in [0.2, 0.25) is 5.02 Å². The molecule has 0 aliphatic carbocycles. The first kappa shape index (κ1) is 21.0. The monoisotopic (exact) mass is 475 g/mol. The second kappa shape index (κ2) is 7.17. The molecule has 1 aliphatic rings. The number of nitrogens with one attached hydrogen (secondary N) is 1. The average Bonchev–Trinajstić information content (AvgIpc) is 2.65. The molecule has 0 saturated heterocycles. The summed E-state index contributed by atoms with van der Waals surface area (Å²) < 4.78 is 79.6. The summed E-state index contributed by atoms with van der Waals surface area (Å²) in [6.45, 7) is -0.333. The minimum absolute atomic E-state index is 0.0329. The van der Waals surface area contributed by atoms with E-state index in [2.05, 4.69) is 5.32 Å². The number of anilines is 1. The summed E-state index contributed by atoms with van der Waals surface area (Å²) >= 11 is 6.00. The molecule has 2 aromatic carbocycles. The highest BCUT2D eigenvalue weighted by Gasteiger charge is 2.34. The molecule has 13 heteroatoms. The topological polar surface area (TPSA) is 112 Å². The van der Waals surface area contributed by atoms with Gasteiger partial charge in [-0.2, -0.15) is 21.6 Å². The summed E-state index contributed by atoms with van der Waals surface area (Å²) in [5, 5.41) is 1.71. The lowest BCUT2D eigenvalue weighted by atomic mass is 10.1. The molecule has 4 rings (SSSR count). The molecule has 0 spiro atoms.